The van der Waals surface area contributed by atoms with Crippen LogP contribution in [0.15, 0.2) is 36.0 Å². The van der Waals surface area contributed by atoms with Gasteiger partial charge in [-0.15, -0.1) is 6.58 Å². The number of alkyl halides is 3. The Hall–Kier alpha value is -2.25. The molecule has 116 valence electrons. The van der Waals surface area contributed by atoms with E-state index in [1.54, 1.807) is 19.2 Å². The van der Waals surface area contributed by atoms with Crippen LogP contribution >= 0.6 is 0 Å². The van der Waals surface area contributed by atoms with Crippen molar-refractivity contribution in [2.75, 3.05) is 20.2 Å². The predicted octanol–water partition coefficient (Wildman–Crippen LogP) is 1.87. The lowest BCUT2D eigenvalue weighted by atomic mass is 10.2. The van der Waals surface area contributed by atoms with Crippen LogP contribution in [-0.4, -0.2) is 37.3 Å². The van der Waals surface area contributed by atoms with Crippen molar-refractivity contribution in [1.29, 1.82) is 0 Å². The average molecular weight is 302 g/mol. The first-order valence-corrected chi connectivity index (χ1v) is 6.14. The second-order valence-corrected chi connectivity index (χ2v) is 4.00. The molecule has 5 nitrogen and oxygen atoms in total. The Morgan fingerprint density at radius 3 is 2.86 bits per heavy atom. The van der Waals surface area contributed by atoms with Crippen LogP contribution in [0.3, 0.4) is 0 Å². The quantitative estimate of drug-likeness (QED) is 0.478. The molecule has 0 amide bonds. The van der Waals surface area contributed by atoms with E-state index < -0.39 is 12.8 Å². The number of pyridine rings is 1. The standard InChI is InChI=1S/C13H17F3N4O/c1-3-5-19-12(17-2)20-8-10-4-6-18-11(7-10)21-9-13(14,15)16/h3-4,6-7H,1,5,8-9H2,2H3,(H2,17,19,20). The summed E-state index contributed by atoms with van der Waals surface area (Å²) in [6, 6.07) is 3.12. The molecular weight excluding hydrogens is 285 g/mol. The highest BCUT2D eigenvalue weighted by molar-refractivity contribution is 5.79. The number of rotatable bonds is 6. The summed E-state index contributed by atoms with van der Waals surface area (Å²) in [5.41, 5.74) is 0.726. The van der Waals surface area contributed by atoms with Gasteiger partial charge in [-0.2, -0.15) is 13.2 Å². The lowest BCUT2D eigenvalue weighted by molar-refractivity contribution is -0.154. The Balaban J connectivity index is 2.54. The molecule has 0 fully saturated rings. The normalized spacial score (nSPS) is 11.9. The van der Waals surface area contributed by atoms with Crippen molar-refractivity contribution in [2.45, 2.75) is 12.7 Å². The first-order valence-electron chi connectivity index (χ1n) is 6.14. The molecule has 0 saturated heterocycles. The van der Waals surface area contributed by atoms with Gasteiger partial charge in [0.05, 0.1) is 0 Å². The molecule has 0 aliphatic carbocycles. The fourth-order valence-electron chi connectivity index (χ4n) is 1.37. The van der Waals surface area contributed by atoms with Crippen LogP contribution in [-0.2, 0) is 6.54 Å². The average Bonchev–Trinajstić information content (AvgIpc) is 2.45. The van der Waals surface area contributed by atoms with Crippen LogP contribution < -0.4 is 15.4 Å². The Bertz CT molecular complexity index is 489. The number of halogens is 3. The zero-order valence-corrected chi connectivity index (χ0v) is 11.6. The summed E-state index contributed by atoms with van der Waals surface area (Å²) < 4.78 is 40.8. The van der Waals surface area contributed by atoms with Crippen molar-refractivity contribution >= 4 is 5.96 Å². The summed E-state index contributed by atoms with van der Waals surface area (Å²) >= 11 is 0. The van der Waals surface area contributed by atoms with Crippen molar-refractivity contribution in [1.82, 2.24) is 15.6 Å². The third-order valence-electron chi connectivity index (χ3n) is 2.28. The lowest BCUT2D eigenvalue weighted by Gasteiger charge is -2.12. The molecule has 0 bridgehead atoms. The van der Waals surface area contributed by atoms with Gasteiger partial charge in [-0.1, -0.05) is 6.08 Å². The SMILES string of the molecule is C=CCNC(=NC)NCc1ccnc(OCC(F)(F)F)c1. The minimum atomic E-state index is -4.38. The Morgan fingerprint density at radius 2 is 2.24 bits per heavy atom. The van der Waals surface area contributed by atoms with Crippen LogP contribution in [0, 0.1) is 0 Å². The van der Waals surface area contributed by atoms with Crippen LogP contribution in [0.5, 0.6) is 5.88 Å². The number of nitrogens with zero attached hydrogens (tertiary/aromatic N) is 2. The molecular formula is C13H17F3N4O. The highest BCUT2D eigenvalue weighted by atomic mass is 19.4. The van der Waals surface area contributed by atoms with E-state index in [0.29, 0.717) is 19.0 Å². The van der Waals surface area contributed by atoms with E-state index in [9.17, 15) is 13.2 Å². The van der Waals surface area contributed by atoms with Crippen LogP contribution in [0.25, 0.3) is 0 Å². The van der Waals surface area contributed by atoms with Gasteiger partial charge in [-0.3, -0.25) is 4.99 Å². The molecule has 8 heteroatoms. The number of nitrogens with one attached hydrogen (secondary N) is 2. The van der Waals surface area contributed by atoms with E-state index in [0.717, 1.165) is 5.56 Å². The zero-order valence-electron chi connectivity index (χ0n) is 11.6. The topological polar surface area (TPSA) is 58.5 Å². The summed E-state index contributed by atoms with van der Waals surface area (Å²) in [4.78, 5) is 7.71. The van der Waals surface area contributed by atoms with E-state index in [-0.39, 0.29) is 5.88 Å². The summed E-state index contributed by atoms with van der Waals surface area (Å²) in [5.74, 6) is 0.491. The fourth-order valence-corrected chi connectivity index (χ4v) is 1.37. The van der Waals surface area contributed by atoms with Gasteiger partial charge in [0.1, 0.15) is 0 Å². The van der Waals surface area contributed by atoms with Gasteiger partial charge in [-0.05, 0) is 11.6 Å². The maximum absolute atomic E-state index is 12.1. The maximum Gasteiger partial charge on any atom is 0.422 e. The predicted molar refractivity (Wildman–Crippen MR) is 74.2 cm³/mol. The number of guanidine groups is 1. The molecule has 0 saturated carbocycles. The number of hydrogen-bond acceptors (Lipinski definition) is 3. The number of aliphatic imine (C=N–C) groups is 1. The summed E-state index contributed by atoms with van der Waals surface area (Å²) in [6.45, 7) is 3.14. The molecule has 0 unspecified atom stereocenters. The minimum Gasteiger partial charge on any atom is -0.468 e. The number of aromatic nitrogens is 1. The van der Waals surface area contributed by atoms with Gasteiger partial charge < -0.3 is 15.4 Å². The second kappa shape index (κ2) is 8.13. The molecule has 1 heterocycles. The maximum atomic E-state index is 12.1. The first kappa shape index (κ1) is 16.8. The second-order valence-electron chi connectivity index (χ2n) is 4.00. The van der Waals surface area contributed by atoms with Crippen LogP contribution in [0.4, 0.5) is 13.2 Å². The summed E-state index contributed by atoms with van der Waals surface area (Å²) in [7, 11) is 1.61. The molecule has 1 aromatic heterocycles. The Labute approximate surface area is 120 Å². The first-order chi connectivity index (χ1) is 9.94. The van der Waals surface area contributed by atoms with Crippen molar-refractivity contribution < 1.29 is 17.9 Å². The molecule has 0 spiro atoms. The zero-order chi connectivity index (χ0) is 15.7. The monoisotopic (exact) mass is 302 g/mol. The van der Waals surface area contributed by atoms with Gasteiger partial charge in [0.25, 0.3) is 0 Å². The van der Waals surface area contributed by atoms with Crippen LogP contribution in [0.1, 0.15) is 5.56 Å². The highest BCUT2D eigenvalue weighted by Gasteiger charge is 2.28. The van der Waals surface area contributed by atoms with E-state index in [1.807, 2.05) is 0 Å². The van der Waals surface area contributed by atoms with Crippen molar-refractivity contribution in [3.05, 3.63) is 36.5 Å². The van der Waals surface area contributed by atoms with Gasteiger partial charge in [-0.25, -0.2) is 4.98 Å². The lowest BCUT2D eigenvalue weighted by Crippen LogP contribution is -2.36. The third kappa shape index (κ3) is 7.19. The Kier molecular flexibility index (Phi) is 6.51. The van der Waals surface area contributed by atoms with E-state index in [2.05, 4.69) is 31.9 Å². The molecule has 0 aliphatic rings. The largest absolute Gasteiger partial charge is 0.468 e. The minimum absolute atomic E-state index is 0.0688. The smallest absolute Gasteiger partial charge is 0.422 e. The van der Waals surface area contributed by atoms with E-state index >= 15 is 0 Å². The van der Waals surface area contributed by atoms with Crippen molar-refractivity contribution in [3.63, 3.8) is 0 Å². The van der Waals surface area contributed by atoms with Gasteiger partial charge in [0, 0.05) is 32.4 Å². The highest BCUT2D eigenvalue weighted by Crippen LogP contribution is 2.17. The van der Waals surface area contributed by atoms with Gasteiger partial charge in [0.15, 0.2) is 12.6 Å². The molecule has 0 aromatic carbocycles. The van der Waals surface area contributed by atoms with Crippen molar-refractivity contribution in [2.24, 2.45) is 4.99 Å². The molecule has 1 aromatic rings. The summed E-state index contributed by atoms with van der Waals surface area (Å²) in [6.07, 6.45) is -1.31. The van der Waals surface area contributed by atoms with E-state index in [4.69, 9.17) is 0 Å². The molecule has 2 N–H and O–H groups in total. The summed E-state index contributed by atoms with van der Waals surface area (Å²) in [5, 5.41) is 5.98. The third-order valence-corrected chi connectivity index (χ3v) is 2.28. The van der Waals surface area contributed by atoms with Gasteiger partial charge >= 0.3 is 6.18 Å². The van der Waals surface area contributed by atoms with Crippen molar-refractivity contribution in [3.8, 4) is 5.88 Å². The fraction of sp³-hybridized carbons (Fsp3) is 0.385. The molecule has 0 radical (unpaired) electrons. The molecule has 0 atom stereocenters. The molecule has 1 rings (SSSR count). The van der Waals surface area contributed by atoms with Gasteiger partial charge in [0.2, 0.25) is 5.88 Å². The van der Waals surface area contributed by atoms with E-state index in [1.165, 1.54) is 12.3 Å². The number of ether oxygens (including phenoxy) is 1. The Morgan fingerprint density at radius 1 is 1.48 bits per heavy atom. The van der Waals surface area contributed by atoms with Crippen LogP contribution in [0.2, 0.25) is 0 Å². The number of hydrogen-bond donors (Lipinski definition) is 2. The molecule has 21 heavy (non-hydrogen) atoms. The molecule has 0 aliphatic heterocycles.